The monoisotopic (exact) mass is 262 g/mol. The van der Waals surface area contributed by atoms with E-state index in [1.54, 1.807) is 4.90 Å². The van der Waals surface area contributed by atoms with Crippen LogP contribution in [0.2, 0.25) is 0 Å². The zero-order valence-corrected chi connectivity index (χ0v) is 12.1. The number of rotatable bonds is 5. The fourth-order valence-electron chi connectivity index (χ4n) is 1.90. The van der Waals surface area contributed by atoms with Gasteiger partial charge >= 0.3 is 0 Å². The van der Waals surface area contributed by atoms with Gasteiger partial charge in [-0.2, -0.15) is 0 Å². The SMILES string of the molecule is CCN(C(=O)CC(=O)NC(C)C)c1cccc(C)c1. The Hall–Kier alpha value is -1.84. The summed E-state index contributed by atoms with van der Waals surface area (Å²) in [7, 11) is 0. The molecule has 0 saturated carbocycles. The summed E-state index contributed by atoms with van der Waals surface area (Å²) in [6.45, 7) is 8.19. The Kier molecular flexibility index (Phi) is 5.55. The number of hydrogen-bond acceptors (Lipinski definition) is 2. The smallest absolute Gasteiger partial charge is 0.236 e. The van der Waals surface area contributed by atoms with Crippen LogP contribution in [0.15, 0.2) is 24.3 Å². The van der Waals surface area contributed by atoms with Gasteiger partial charge in [-0.1, -0.05) is 12.1 Å². The number of amides is 2. The fraction of sp³-hybridized carbons (Fsp3) is 0.467. The number of carbonyl (C=O) groups is 2. The minimum Gasteiger partial charge on any atom is -0.353 e. The van der Waals surface area contributed by atoms with Gasteiger partial charge in [-0.25, -0.2) is 0 Å². The summed E-state index contributed by atoms with van der Waals surface area (Å²) < 4.78 is 0. The Bertz CT molecular complexity index is 455. The molecule has 0 spiro atoms. The highest BCUT2D eigenvalue weighted by atomic mass is 16.2. The molecule has 0 radical (unpaired) electrons. The Morgan fingerprint density at radius 2 is 2.00 bits per heavy atom. The predicted octanol–water partition coefficient (Wildman–Crippen LogP) is 2.26. The lowest BCUT2D eigenvalue weighted by Crippen LogP contribution is -2.37. The van der Waals surface area contributed by atoms with Gasteiger partial charge in [0.1, 0.15) is 6.42 Å². The summed E-state index contributed by atoms with van der Waals surface area (Å²) in [5, 5.41) is 2.73. The first-order chi connectivity index (χ1) is 8.93. The van der Waals surface area contributed by atoms with Gasteiger partial charge in [0, 0.05) is 18.3 Å². The quantitative estimate of drug-likeness (QED) is 0.827. The first-order valence-electron chi connectivity index (χ1n) is 6.60. The van der Waals surface area contributed by atoms with E-state index in [0.29, 0.717) is 6.54 Å². The van der Waals surface area contributed by atoms with Crippen LogP contribution in [0.1, 0.15) is 32.8 Å². The second-order valence-corrected chi connectivity index (χ2v) is 4.88. The number of aryl methyl sites for hydroxylation is 1. The van der Waals surface area contributed by atoms with Crippen LogP contribution in [0.25, 0.3) is 0 Å². The average Bonchev–Trinajstić information content (AvgIpc) is 2.28. The molecule has 19 heavy (non-hydrogen) atoms. The van der Waals surface area contributed by atoms with Crippen molar-refractivity contribution in [1.29, 1.82) is 0 Å². The number of nitrogens with one attached hydrogen (secondary N) is 1. The molecule has 0 fully saturated rings. The maximum atomic E-state index is 12.1. The van der Waals surface area contributed by atoms with Gasteiger partial charge in [0.05, 0.1) is 0 Å². The molecule has 1 rings (SSSR count). The lowest BCUT2D eigenvalue weighted by Gasteiger charge is -2.21. The number of anilines is 1. The van der Waals surface area contributed by atoms with Crippen LogP contribution in [-0.2, 0) is 9.59 Å². The second kappa shape index (κ2) is 6.92. The van der Waals surface area contributed by atoms with Crippen molar-refractivity contribution in [2.45, 2.75) is 40.2 Å². The molecule has 0 heterocycles. The highest BCUT2D eigenvalue weighted by Gasteiger charge is 2.17. The van der Waals surface area contributed by atoms with Gasteiger partial charge in [-0.3, -0.25) is 9.59 Å². The molecule has 2 amide bonds. The van der Waals surface area contributed by atoms with Crippen LogP contribution >= 0.6 is 0 Å². The van der Waals surface area contributed by atoms with E-state index in [0.717, 1.165) is 11.3 Å². The van der Waals surface area contributed by atoms with Crippen LogP contribution < -0.4 is 10.2 Å². The third-order valence-corrected chi connectivity index (χ3v) is 2.69. The summed E-state index contributed by atoms with van der Waals surface area (Å²) in [5.41, 5.74) is 1.93. The maximum absolute atomic E-state index is 12.1. The van der Waals surface area contributed by atoms with E-state index in [2.05, 4.69) is 5.32 Å². The Balaban J connectivity index is 2.75. The first kappa shape index (κ1) is 15.2. The van der Waals surface area contributed by atoms with Crippen LogP contribution in [0.3, 0.4) is 0 Å². The third kappa shape index (κ3) is 4.73. The number of hydrogen-bond donors (Lipinski definition) is 1. The number of benzene rings is 1. The van der Waals surface area contributed by atoms with Crippen molar-refractivity contribution >= 4 is 17.5 Å². The lowest BCUT2D eigenvalue weighted by atomic mass is 10.2. The molecule has 104 valence electrons. The van der Waals surface area contributed by atoms with Crippen molar-refractivity contribution in [2.75, 3.05) is 11.4 Å². The molecule has 1 aromatic rings. The molecular weight excluding hydrogens is 240 g/mol. The van der Waals surface area contributed by atoms with E-state index in [9.17, 15) is 9.59 Å². The second-order valence-electron chi connectivity index (χ2n) is 4.88. The van der Waals surface area contributed by atoms with Gasteiger partial charge < -0.3 is 10.2 Å². The minimum atomic E-state index is -0.230. The molecule has 1 N–H and O–H groups in total. The van der Waals surface area contributed by atoms with E-state index in [4.69, 9.17) is 0 Å². The molecule has 0 aliphatic heterocycles. The van der Waals surface area contributed by atoms with E-state index in [-0.39, 0.29) is 24.3 Å². The fourth-order valence-corrected chi connectivity index (χ4v) is 1.90. The molecule has 0 unspecified atom stereocenters. The van der Waals surface area contributed by atoms with Crippen molar-refractivity contribution in [2.24, 2.45) is 0 Å². The zero-order valence-electron chi connectivity index (χ0n) is 12.1. The van der Waals surface area contributed by atoms with Crippen molar-refractivity contribution in [1.82, 2.24) is 5.32 Å². The summed E-state index contributed by atoms with van der Waals surface area (Å²) in [5.74, 6) is -0.405. The van der Waals surface area contributed by atoms with Gasteiger partial charge in [-0.05, 0) is 45.4 Å². The Labute approximate surface area is 114 Å². The molecule has 0 bridgehead atoms. The average molecular weight is 262 g/mol. The summed E-state index contributed by atoms with van der Waals surface area (Å²) in [6, 6.07) is 7.77. The van der Waals surface area contributed by atoms with Gasteiger partial charge in [0.15, 0.2) is 0 Å². The van der Waals surface area contributed by atoms with E-state index in [1.807, 2.05) is 52.0 Å². The topological polar surface area (TPSA) is 49.4 Å². The van der Waals surface area contributed by atoms with Crippen molar-refractivity contribution in [3.63, 3.8) is 0 Å². The van der Waals surface area contributed by atoms with Crippen molar-refractivity contribution < 1.29 is 9.59 Å². The van der Waals surface area contributed by atoms with E-state index < -0.39 is 0 Å². The Morgan fingerprint density at radius 1 is 1.32 bits per heavy atom. The standard InChI is InChI=1S/C15H22N2O2/c1-5-17(13-8-6-7-12(4)9-13)15(19)10-14(18)16-11(2)3/h6-9,11H,5,10H2,1-4H3,(H,16,18). The molecule has 0 saturated heterocycles. The van der Waals surface area contributed by atoms with Crippen LogP contribution in [0.5, 0.6) is 0 Å². The van der Waals surface area contributed by atoms with Crippen molar-refractivity contribution in [3.8, 4) is 0 Å². The van der Waals surface area contributed by atoms with E-state index in [1.165, 1.54) is 0 Å². The number of nitrogens with zero attached hydrogens (tertiary/aromatic N) is 1. The van der Waals surface area contributed by atoms with Crippen LogP contribution in [-0.4, -0.2) is 24.4 Å². The summed E-state index contributed by atoms with van der Waals surface area (Å²) in [6.07, 6.45) is -0.111. The highest BCUT2D eigenvalue weighted by Crippen LogP contribution is 2.16. The Morgan fingerprint density at radius 3 is 2.53 bits per heavy atom. The minimum absolute atomic E-state index is 0.0503. The van der Waals surface area contributed by atoms with E-state index >= 15 is 0 Å². The maximum Gasteiger partial charge on any atom is 0.236 e. The summed E-state index contributed by atoms with van der Waals surface area (Å²) in [4.78, 5) is 25.4. The third-order valence-electron chi connectivity index (χ3n) is 2.69. The van der Waals surface area contributed by atoms with Gasteiger partial charge in [-0.15, -0.1) is 0 Å². The molecule has 0 aliphatic carbocycles. The molecule has 0 aliphatic rings. The van der Waals surface area contributed by atoms with Crippen LogP contribution in [0.4, 0.5) is 5.69 Å². The zero-order chi connectivity index (χ0) is 14.4. The van der Waals surface area contributed by atoms with Gasteiger partial charge in [0.25, 0.3) is 0 Å². The van der Waals surface area contributed by atoms with Crippen molar-refractivity contribution in [3.05, 3.63) is 29.8 Å². The number of carbonyl (C=O) groups excluding carboxylic acids is 2. The van der Waals surface area contributed by atoms with Gasteiger partial charge in [0.2, 0.25) is 11.8 Å². The molecule has 0 atom stereocenters. The lowest BCUT2D eigenvalue weighted by molar-refractivity contribution is -0.128. The summed E-state index contributed by atoms with van der Waals surface area (Å²) >= 11 is 0. The molecule has 4 nitrogen and oxygen atoms in total. The first-order valence-corrected chi connectivity index (χ1v) is 6.60. The molecule has 4 heteroatoms. The normalized spacial score (nSPS) is 10.4. The molecule has 1 aromatic carbocycles. The largest absolute Gasteiger partial charge is 0.353 e. The highest BCUT2D eigenvalue weighted by molar-refractivity contribution is 6.05. The molecule has 0 aromatic heterocycles. The molecular formula is C15H22N2O2. The predicted molar refractivity (Wildman–Crippen MR) is 77.1 cm³/mol. The van der Waals surface area contributed by atoms with Crippen LogP contribution in [0, 0.1) is 6.92 Å².